The summed E-state index contributed by atoms with van der Waals surface area (Å²) >= 11 is 1.36. The van der Waals surface area contributed by atoms with E-state index in [2.05, 4.69) is 17.2 Å². The van der Waals surface area contributed by atoms with Crippen LogP contribution in [0, 0.1) is 6.92 Å². The van der Waals surface area contributed by atoms with E-state index in [9.17, 15) is 4.79 Å². The molecule has 2 heterocycles. The number of nitrogen functional groups attached to an aromatic ring is 1. The third-order valence-electron chi connectivity index (χ3n) is 3.01. The van der Waals surface area contributed by atoms with Crippen LogP contribution in [-0.2, 0) is 0 Å². The first-order chi connectivity index (χ1) is 9.13. The van der Waals surface area contributed by atoms with Crippen molar-refractivity contribution in [1.82, 2.24) is 10.3 Å². The van der Waals surface area contributed by atoms with Crippen LogP contribution in [0.25, 0.3) is 10.2 Å². The van der Waals surface area contributed by atoms with E-state index in [1.165, 1.54) is 11.3 Å². The maximum atomic E-state index is 12.1. The van der Waals surface area contributed by atoms with Crippen LogP contribution in [0.2, 0.25) is 0 Å². The summed E-state index contributed by atoms with van der Waals surface area (Å²) in [4.78, 5) is 17.9. The zero-order valence-corrected chi connectivity index (χ0v) is 12.1. The monoisotopic (exact) mass is 277 g/mol. The molecule has 102 valence electrons. The van der Waals surface area contributed by atoms with E-state index in [0.29, 0.717) is 17.1 Å². The molecule has 0 aliphatic carbocycles. The number of unbranched alkanes of at least 4 members (excludes halogenated alkanes) is 2. The standard InChI is InChI=1S/C14H19N3OS/c1-3-4-5-8-16-13(18)12-11(15)10-7-6-9(2)17-14(10)19-12/h6-7H,3-5,8,15H2,1-2H3,(H,16,18). The van der Waals surface area contributed by atoms with Crippen LogP contribution < -0.4 is 11.1 Å². The number of thiophene rings is 1. The van der Waals surface area contributed by atoms with Crippen molar-refractivity contribution in [3.63, 3.8) is 0 Å². The number of nitrogens with zero attached hydrogens (tertiary/aromatic N) is 1. The predicted molar refractivity (Wildman–Crippen MR) is 80.6 cm³/mol. The number of amides is 1. The van der Waals surface area contributed by atoms with Gasteiger partial charge in [-0.2, -0.15) is 0 Å². The fourth-order valence-corrected chi connectivity index (χ4v) is 2.97. The number of fused-ring (bicyclic) bond motifs is 1. The number of nitrogens with one attached hydrogen (secondary N) is 1. The summed E-state index contributed by atoms with van der Waals surface area (Å²) < 4.78 is 0. The van der Waals surface area contributed by atoms with Crippen LogP contribution in [0.15, 0.2) is 12.1 Å². The van der Waals surface area contributed by atoms with Gasteiger partial charge in [0, 0.05) is 17.6 Å². The summed E-state index contributed by atoms with van der Waals surface area (Å²) in [6.45, 7) is 4.77. The van der Waals surface area contributed by atoms with Gasteiger partial charge in [0.25, 0.3) is 5.91 Å². The molecule has 0 unspecified atom stereocenters. The van der Waals surface area contributed by atoms with Crippen LogP contribution in [-0.4, -0.2) is 17.4 Å². The van der Waals surface area contributed by atoms with Gasteiger partial charge >= 0.3 is 0 Å². The van der Waals surface area contributed by atoms with Gasteiger partial charge in [-0.25, -0.2) is 4.98 Å². The minimum Gasteiger partial charge on any atom is -0.397 e. The van der Waals surface area contributed by atoms with Gasteiger partial charge in [-0.1, -0.05) is 19.8 Å². The Morgan fingerprint density at radius 1 is 1.42 bits per heavy atom. The molecule has 0 aliphatic heterocycles. The molecule has 0 bridgehead atoms. The Hall–Kier alpha value is -1.62. The number of pyridine rings is 1. The lowest BCUT2D eigenvalue weighted by molar-refractivity contribution is 0.0958. The molecule has 0 aromatic carbocycles. The maximum absolute atomic E-state index is 12.1. The molecule has 4 nitrogen and oxygen atoms in total. The van der Waals surface area contributed by atoms with Gasteiger partial charge in [0.2, 0.25) is 0 Å². The van der Waals surface area contributed by atoms with E-state index in [4.69, 9.17) is 5.73 Å². The zero-order chi connectivity index (χ0) is 13.8. The number of carbonyl (C=O) groups excluding carboxylic acids is 1. The van der Waals surface area contributed by atoms with Crippen molar-refractivity contribution < 1.29 is 4.79 Å². The van der Waals surface area contributed by atoms with E-state index in [0.717, 1.165) is 35.2 Å². The number of rotatable bonds is 5. The highest BCUT2D eigenvalue weighted by atomic mass is 32.1. The number of anilines is 1. The van der Waals surface area contributed by atoms with Crippen molar-refractivity contribution in [2.24, 2.45) is 0 Å². The molecule has 0 saturated carbocycles. The Morgan fingerprint density at radius 3 is 2.95 bits per heavy atom. The lowest BCUT2D eigenvalue weighted by Gasteiger charge is -2.03. The summed E-state index contributed by atoms with van der Waals surface area (Å²) in [6.07, 6.45) is 3.28. The van der Waals surface area contributed by atoms with E-state index in [1.54, 1.807) is 0 Å². The molecular formula is C14H19N3OS. The molecule has 2 aromatic rings. The Balaban J connectivity index is 2.15. The summed E-state index contributed by atoms with van der Waals surface area (Å²) in [6, 6.07) is 3.84. The lowest BCUT2D eigenvalue weighted by atomic mass is 10.2. The van der Waals surface area contributed by atoms with Crippen LogP contribution in [0.5, 0.6) is 0 Å². The lowest BCUT2D eigenvalue weighted by Crippen LogP contribution is -2.24. The van der Waals surface area contributed by atoms with Crippen molar-refractivity contribution in [3.8, 4) is 0 Å². The van der Waals surface area contributed by atoms with Gasteiger partial charge in [-0.3, -0.25) is 4.79 Å². The van der Waals surface area contributed by atoms with Gasteiger partial charge in [0.05, 0.1) is 5.69 Å². The Kier molecular flexibility index (Phi) is 4.37. The minimum absolute atomic E-state index is 0.0887. The molecular weight excluding hydrogens is 258 g/mol. The highest BCUT2D eigenvalue weighted by molar-refractivity contribution is 7.21. The Bertz CT molecular complexity index is 592. The fourth-order valence-electron chi connectivity index (χ4n) is 1.92. The van der Waals surface area contributed by atoms with Gasteiger partial charge in [-0.15, -0.1) is 11.3 Å². The van der Waals surface area contributed by atoms with E-state index in [1.807, 2.05) is 19.1 Å². The summed E-state index contributed by atoms with van der Waals surface area (Å²) in [5.74, 6) is -0.0887. The summed E-state index contributed by atoms with van der Waals surface area (Å²) in [5.41, 5.74) is 7.51. The fraction of sp³-hybridized carbons (Fsp3) is 0.429. The van der Waals surface area contributed by atoms with E-state index < -0.39 is 0 Å². The third kappa shape index (κ3) is 3.04. The van der Waals surface area contributed by atoms with Gasteiger partial charge in [-0.05, 0) is 25.5 Å². The number of nitrogens with two attached hydrogens (primary N) is 1. The van der Waals surface area contributed by atoms with Crippen LogP contribution in [0.3, 0.4) is 0 Å². The molecule has 0 atom stereocenters. The smallest absolute Gasteiger partial charge is 0.263 e. The average molecular weight is 277 g/mol. The first-order valence-corrected chi connectivity index (χ1v) is 7.39. The quantitative estimate of drug-likeness (QED) is 0.825. The van der Waals surface area contributed by atoms with Crippen LogP contribution in [0.1, 0.15) is 41.6 Å². The second kappa shape index (κ2) is 6.02. The van der Waals surface area contributed by atoms with Crippen LogP contribution in [0.4, 0.5) is 5.69 Å². The third-order valence-corrected chi connectivity index (χ3v) is 4.12. The molecule has 5 heteroatoms. The molecule has 0 saturated heterocycles. The SMILES string of the molecule is CCCCCNC(=O)c1sc2nc(C)ccc2c1N. The average Bonchev–Trinajstić information content (AvgIpc) is 2.71. The summed E-state index contributed by atoms with van der Waals surface area (Å²) in [7, 11) is 0. The Morgan fingerprint density at radius 2 is 2.21 bits per heavy atom. The molecule has 0 fully saturated rings. The van der Waals surface area contributed by atoms with Crippen molar-refractivity contribution in [1.29, 1.82) is 0 Å². The number of hydrogen-bond acceptors (Lipinski definition) is 4. The first kappa shape index (κ1) is 13.8. The number of aromatic nitrogens is 1. The molecule has 1 amide bonds. The number of hydrogen-bond donors (Lipinski definition) is 2. The largest absolute Gasteiger partial charge is 0.397 e. The van der Waals surface area contributed by atoms with Crippen molar-refractivity contribution in [2.45, 2.75) is 33.1 Å². The highest BCUT2D eigenvalue weighted by Crippen LogP contribution is 2.32. The topological polar surface area (TPSA) is 68.0 Å². The normalized spacial score (nSPS) is 10.8. The maximum Gasteiger partial charge on any atom is 0.263 e. The molecule has 3 N–H and O–H groups in total. The second-order valence-electron chi connectivity index (χ2n) is 4.61. The Labute approximate surface area is 117 Å². The van der Waals surface area contributed by atoms with Gasteiger partial charge < -0.3 is 11.1 Å². The van der Waals surface area contributed by atoms with Crippen molar-refractivity contribution >= 4 is 33.1 Å². The molecule has 2 rings (SSSR count). The van der Waals surface area contributed by atoms with Gasteiger partial charge in [0.15, 0.2) is 0 Å². The van der Waals surface area contributed by atoms with E-state index >= 15 is 0 Å². The molecule has 0 aliphatic rings. The van der Waals surface area contributed by atoms with Crippen molar-refractivity contribution in [3.05, 3.63) is 22.7 Å². The van der Waals surface area contributed by atoms with Crippen molar-refractivity contribution in [2.75, 3.05) is 12.3 Å². The number of carbonyl (C=O) groups is 1. The second-order valence-corrected chi connectivity index (χ2v) is 5.61. The minimum atomic E-state index is -0.0887. The summed E-state index contributed by atoms with van der Waals surface area (Å²) in [5, 5.41) is 3.78. The predicted octanol–water partition coefficient (Wildman–Crippen LogP) is 3.11. The van der Waals surface area contributed by atoms with Crippen LogP contribution >= 0.6 is 11.3 Å². The molecule has 2 aromatic heterocycles. The first-order valence-electron chi connectivity index (χ1n) is 6.57. The molecule has 0 radical (unpaired) electrons. The highest BCUT2D eigenvalue weighted by Gasteiger charge is 2.16. The molecule has 19 heavy (non-hydrogen) atoms. The number of aryl methyl sites for hydroxylation is 1. The van der Waals surface area contributed by atoms with E-state index in [-0.39, 0.29) is 5.91 Å². The zero-order valence-electron chi connectivity index (χ0n) is 11.3. The molecule has 0 spiro atoms. The van der Waals surface area contributed by atoms with Gasteiger partial charge in [0.1, 0.15) is 9.71 Å².